The number of pyridine rings is 1. The SMILES string of the molecule is CC(NC(=O)/C=C/c1c(-c2cccc(C(F)(F)F)c2)nc2sc(C(F)(F)F)nn12)c1ccccn1. The van der Waals surface area contributed by atoms with Gasteiger partial charge < -0.3 is 5.32 Å². The minimum Gasteiger partial charge on any atom is -0.344 e. The number of benzene rings is 1. The lowest BCUT2D eigenvalue weighted by Crippen LogP contribution is -2.25. The van der Waals surface area contributed by atoms with Crippen molar-refractivity contribution in [3.63, 3.8) is 0 Å². The Morgan fingerprint density at radius 3 is 2.51 bits per heavy atom. The molecule has 3 aromatic heterocycles. The third kappa shape index (κ3) is 5.34. The van der Waals surface area contributed by atoms with Crippen LogP contribution in [-0.2, 0) is 17.1 Å². The molecule has 4 aromatic rings. The molecule has 0 spiro atoms. The van der Waals surface area contributed by atoms with Gasteiger partial charge in [-0.05, 0) is 37.3 Å². The number of amides is 1. The van der Waals surface area contributed by atoms with E-state index in [-0.39, 0.29) is 33.2 Å². The number of nitrogens with one attached hydrogen (secondary N) is 1. The molecule has 13 heteroatoms. The van der Waals surface area contributed by atoms with Gasteiger partial charge in [-0.25, -0.2) is 9.50 Å². The Labute approximate surface area is 198 Å². The quantitative estimate of drug-likeness (QED) is 0.272. The van der Waals surface area contributed by atoms with Gasteiger partial charge in [0.15, 0.2) is 0 Å². The lowest BCUT2D eigenvalue weighted by atomic mass is 10.1. The van der Waals surface area contributed by atoms with Crippen LogP contribution in [0, 0.1) is 0 Å². The molecule has 0 saturated heterocycles. The first-order chi connectivity index (χ1) is 16.4. The molecule has 0 aliphatic rings. The first kappa shape index (κ1) is 24.4. The summed E-state index contributed by atoms with van der Waals surface area (Å²) in [6.07, 6.45) is -5.61. The fraction of sp³-hybridized carbons (Fsp3) is 0.182. The van der Waals surface area contributed by atoms with E-state index in [4.69, 9.17) is 0 Å². The molecule has 3 heterocycles. The highest BCUT2D eigenvalue weighted by molar-refractivity contribution is 7.16. The van der Waals surface area contributed by atoms with Gasteiger partial charge in [0.2, 0.25) is 15.9 Å². The van der Waals surface area contributed by atoms with E-state index in [9.17, 15) is 31.1 Å². The van der Waals surface area contributed by atoms with Crippen LogP contribution in [0.5, 0.6) is 0 Å². The Hall–Kier alpha value is -3.74. The maximum Gasteiger partial charge on any atom is 0.445 e. The van der Waals surface area contributed by atoms with E-state index in [1.807, 2.05) is 0 Å². The van der Waals surface area contributed by atoms with Crippen molar-refractivity contribution in [1.82, 2.24) is 24.9 Å². The fourth-order valence-corrected chi connectivity index (χ4v) is 3.98. The summed E-state index contributed by atoms with van der Waals surface area (Å²) in [7, 11) is 0. The van der Waals surface area contributed by atoms with Crippen LogP contribution >= 0.6 is 11.3 Å². The Morgan fingerprint density at radius 2 is 1.86 bits per heavy atom. The first-order valence-electron chi connectivity index (χ1n) is 9.97. The lowest BCUT2D eigenvalue weighted by Gasteiger charge is -2.11. The summed E-state index contributed by atoms with van der Waals surface area (Å²) in [4.78, 5) is 20.5. The molecule has 1 N–H and O–H groups in total. The van der Waals surface area contributed by atoms with E-state index >= 15 is 0 Å². The van der Waals surface area contributed by atoms with Crippen LogP contribution in [0.4, 0.5) is 26.3 Å². The maximum atomic E-state index is 13.2. The summed E-state index contributed by atoms with van der Waals surface area (Å²) < 4.78 is 79.9. The van der Waals surface area contributed by atoms with Crippen molar-refractivity contribution >= 4 is 28.3 Å². The molecule has 0 aliphatic carbocycles. The van der Waals surface area contributed by atoms with Gasteiger partial charge >= 0.3 is 12.4 Å². The first-order valence-corrected chi connectivity index (χ1v) is 10.8. The molecule has 1 amide bonds. The van der Waals surface area contributed by atoms with Gasteiger partial charge in [-0.3, -0.25) is 9.78 Å². The van der Waals surface area contributed by atoms with Crippen molar-refractivity contribution in [3.05, 3.63) is 76.7 Å². The van der Waals surface area contributed by atoms with Gasteiger partial charge in [0.1, 0.15) is 0 Å². The monoisotopic (exact) mass is 511 g/mol. The van der Waals surface area contributed by atoms with E-state index in [0.29, 0.717) is 5.69 Å². The second kappa shape index (κ2) is 9.13. The second-order valence-electron chi connectivity index (χ2n) is 7.34. The van der Waals surface area contributed by atoms with E-state index in [2.05, 4.69) is 20.4 Å². The van der Waals surface area contributed by atoms with Crippen molar-refractivity contribution in [2.24, 2.45) is 0 Å². The van der Waals surface area contributed by atoms with Crippen LogP contribution in [-0.4, -0.2) is 25.5 Å². The van der Waals surface area contributed by atoms with Crippen molar-refractivity contribution in [2.75, 3.05) is 0 Å². The van der Waals surface area contributed by atoms with Crippen LogP contribution in [0.15, 0.2) is 54.7 Å². The van der Waals surface area contributed by atoms with Crippen LogP contribution in [0.3, 0.4) is 0 Å². The highest BCUT2D eigenvalue weighted by atomic mass is 32.1. The molecule has 182 valence electrons. The average molecular weight is 511 g/mol. The van der Waals surface area contributed by atoms with Gasteiger partial charge in [-0.2, -0.15) is 26.3 Å². The molecule has 1 aromatic carbocycles. The number of alkyl halides is 6. The number of hydrogen-bond acceptors (Lipinski definition) is 5. The van der Waals surface area contributed by atoms with Gasteiger partial charge in [0.25, 0.3) is 0 Å². The predicted octanol–water partition coefficient (Wildman–Crippen LogP) is 5.78. The minimum absolute atomic E-state index is 0.00740. The highest BCUT2D eigenvalue weighted by Gasteiger charge is 2.37. The summed E-state index contributed by atoms with van der Waals surface area (Å²) in [5.74, 6) is -0.598. The van der Waals surface area contributed by atoms with Crippen LogP contribution in [0.2, 0.25) is 0 Å². The minimum atomic E-state index is -4.74. The topological polar surface area (TPSA) is 72.2 Å². The maximum absolute atomic E-state index is 13.2. The number of rotatable bonds is 5. The number of carbonyl (C=O) groups is 1. The number of imidazole rings is 1. The molecular weight excluding hydrogens is 496 g/mol. The molecule has 6 nitrogen and oxygen atoms in total. The van der Waals surface area contributed by atoms with Gasteiger partial charge in [-0.1, -0.05) is 29.5 Å². The molecule has 0 bridgehead atoms. The van der Waals surface area contributed by atoms with E-state index in [1.165, 1.54) is 6.07 Å². The second-order valence-corrected chi connectivity index (χ2v) is 8.30. The Morgan fingerprint density at radius 1 is 1.09 bits per heavy atom. The largest absolute Gasteiger partial charge is 0.445 e. The molecule has 0 saturated carbocycles. The third-order valence-electron chi connectivity index (χ3n) is 4.83. The van der Waals surface area contributed by atoms with Crippen LogP contribution in [0.25, 0.3) is 22.3 Å². The molecule has 1 unspecified atom stereocenters. The summed E-state index contributed by atoms with van der Waals surface area (Å²) in [6, 6.07) is 8.88. The average Bonchev–Trinajstić information content (AvgIpc) is 3.36. The smallest absolute Gasteiger partial charge is 0.344 e. The Balaban J connectivity index is 1.73. The summed E-state index contributed by atoms with van der Waals surface area (Å²) >= 11 is 0.237. The number of hydrogen-bond donors (Lipinski definition) is 1. The number of nitrogens with zero attached hydrogens (tertiary/aromatic N) is 4. The molecule has 0 radical (unpaired) electrons. The van der Waals surface area contributed by atoms with Gasteiger partial charge in [0.05, 0.1) is 28.7 Å². The van der Waals surface area contributed by atoms with Gasteiger partial charge in [0, 0.05) is 17.8 Å². The number of fused-ring (bicyclic) bond motifs is 1. The normalized spacial score (nSPS) is 13.5. The molecule has 0 aliphatic heterocycles. The zero-order valence-electron chi connectivity index (χ0n) is 17.7. The molecule has 1 atom stereocenters. The van der Waals surface area contributed by atoms with Crippen LogP contribution < -0.4 is 5.32 Å². The molecule has 4 rings (SSSR count). The third-order valence-corrected chi connectivity index (χ3v) is 5.78. The zero-order valence-corrected chi connectivity index (χ0v) is 18.5. The summed E-state index contributed by atoms with van der Waals surface area (Å²) in [5, 5.41) is 5.00. The van der Waals surface area contributed by atoms with Gasteiger partial charge in [-0.15, -0.1) is 5.10 Å². The van der Waals surface area contributed by atoms with E-state index in [1.54, 1.807) is 31.3 Å². The summed E-state index contributed by atoms with van der Waals surface area (Å²) in [5.41, 5.74) is -0.489. The van der Waals surface area contributed by atoms with E-state index in [0.717, 1.165) is 34.9 Å². The predicted molar refractivity (Wildman–Crippen MR) is 116 cm³/mol. The molecule has 0 fully saturated rings. The number of aromatic nitrogens is 4. The molecular formula is C22H15F6N5OS. The van der Waals surface area contributed by atoms with Crippen molar-refractivity contribution in [2.45, 2.75) is 25.3 Å². The van der Waals surface area contributed by atoms with Crippen LogP contribution in [0.1, 0.15) is 34.9 Å². The fourth-order valence-electron chi connectivity index (χ4n) is 3.21. The van der Waals surface area contributed by atoms with Crippen molar-refractivity contribution < 1.29 is 31.1 Å². The Kier molecular flexibility index (Phi) is 6.36. The summed E-state index contributed by atoms with van der Waals surface area (Å²) in [6.45, 7) is 1.69. The Bertz CT molecular complexity index is 1390. The number of halogens is 6. The lowest BCUT2D eigenvalue weighted by molar-refractivity contribution is -0.138. The van der Waals surface area contributed by atoms with Crippen molar-refractivity contribution in [1.29, 1.82) is 0 Å². The highest BCUT2D eigenvalue weighted by Crippen LogP contribution is 2.37. The zero-order chi connectivity index (χ0) is 25.4. The molecule has 35 heavy (non-hydrogen) atoms. The van der Waals surface area contributed by atoms with Crippen molar-refractivity contribution in [3.8, 4) is 11.3 Å². The van der Waals surface area contributed by atoms with E-state index < -0.39 is 34.9 Å². The standard InChI is InChI=1S/C22H15F6N5OS/c1-12(15-7-2-3-10-29-15)30-17(34)9-8-16-18(13-5-4-6-14(11-13)21(23,24)25)31-20-33(16)32-19(35-20)22(26,27)28/h2-12H,1H3,(H,30,34)/b9-8+. The number of carbonyl (C=O) groups excluding carboxylic acids is 1.